The SMILES string of the molecule is N#Cc1nc(OC(F)(F)F)[nH]c1C#N. The molecule has 1 N–H and O–H groups in total. The summed E-state index contributed by atoms with van der Waals surface area (Å²) in [6, 6.07) is 1.98. The van der Waals surface area contributed by atoms with Gasteiger partial charge in [0.2, 0.25) is 0 Å². The van der Waals surface area contributed by atoms with Gasteiger partial charge in [0.25, 0.3) is 0 Å². The fourth-order valence-corrected chi connectivity index (χ4v) is 0.671. The molecule has 0 atom stereocenters. The first-order chi connectivity index (χ1) is 6.46. The van der Waals surface area contributed by atoms with Crippen molar-refractivity contribution >= 4 is 0 Å². The van der Waals surface area contributed by atoms with Crippen LogP contribution in [-0.4, -0.2) is 16.3 Å². The minimum absolute atomic E-state index is 0.369. The standard InChI is InChI=1S/C6HF3N4O/c7-6(8,9)14-5-12-3(1-10)4(2-11)13-5/h(H,12,13). The normalized spacial score (nSPS) is 10.4. The first-order valence-electron chi connectivity index (χ1n) is 3.12. The molecule has 5 nitrogen and oxygen atoms in total. The molecule has 0 aliphatic carbocycles. The average Bonchev–Trinajstić information content (AvgIpc) is 2.43. The van der Waals surface area contributed by atoms with E-state index >= 15 is 0 Å². The van der Waals surface area contributed by atoms with Crippen LogP contribution >= 0.6 is 0 Å². The molecular formula is C6HF3N4O. The summed E-state index contributed by atoms with van der Waals surface area (Å²) in [5, 5.41) is 16.7. The van der Waals surface area contributed by atoms with Crippen molar-refractivity contribution in [1.82, 2.24) is 9.97 Å². The van der Waals surface area contributed by atoms with Crippen LogP contribution in [0.2, 0.25) is 0 Å². The number of aromatic nitrogens is 2. The molecule has 0 amide bonds. The Labute approximate surface area is 75.4 Å². The van der Waals surface area contributed by atoms with Crippen LogP contribution in [0, 0.1) is 22.7 Å². The Bertz CT molecular complexity index is 390. The van der Waals surface area contributed by atoms with Crippen LogP contribution in [0.25, 0.3) is 0 Å². The van der Waals surface area contributed by atoms with E-state index in [-0.39, 0.29) is 5.69 Å². The first-order valence-corrected chi connectivity index (χ1v) is 3.12. The number of H-pyrrole nitrogens is 1. The number of aromatic amines is 1. The van der Waals surface area contributed by atoms with Crippen LogP contribution in [0.1, 0.15) is 11.4 Å². The number of hydrogen-bond acceptors (Lipinski definition) is 4. The van der Waals surface area contributed by atoms with E-state index in [1.165, 1.54) is 12.1 Å². The highest BCUT2D eigenvalue weighted by Gasteiger charge is 2.33. The number of nitrogens with zero attached hydrogens (tertiary/aromatic N) is 3. The topological polar surface area (TPSA) is 85.5 Å². The van der Waals surface area contributed by atoms with Gasteiger partial charge in [-0.3, -0.25) is 4.98 Å². The number of rotatable bonds is 1. The zero-order chi connectivity index (χ0) is 10.8. The predicted molar refractivity (Wildman–Crippen MR) is 34.7 cm³/mol. The third-order valence-corrected chi connectivity index (χ3v) is 1.11. The largest absolute Gasteiger partial charge is 0.575 e. The van der Waals surface area contributed by atoms with Gasteiger partial charge >= 0.3 is 12.4 Å². The highest BCUT2D eigenvalue weighted by atomic mass is 19.4. The maximum Gasteiger partial charge on any atom is 0.575 e. The molecule has 0 aliphatic rings. The van der Waals surface area contributed by atoms with Crippen molar-refractivity contribution in [3.05, 3.63) is 11.4 Å². The Hall–Kier alpha value is -2.22. The number of nitrogens with one attached hydrogen (secondary N) is 1. The summed E-state index contributed by atoms with van der Waals surface area (Å²) in [7, 11) is 0. The molecule has 0 aliphatic heterocycles. The first kappa shape index (κ1) is 9.86. The molecule has 0 aromatic carbocycles. The summed E-state index contributed by atoms with van der Waals surface area (Å²) in [5.74, 6) is 0. The molecular weight excluding hydrogens is 201 g/mol. The van der Waals surface area contributed by atoms with Gasteiger partial charge in [-0.15, -0.1) is 13.2 Å². The average molecular weight is 202 g/mol. The second-order valence-corrected chi connectivity index (χ2v) is 2.04. The van der Waals surface area contributed by atoms with Crippen molar-refractivity contribution in [2.24, 2.45) is 0 Å². The van der Waals surface area contributed by atoms with E-state index in [4.69, 9.17) is 10.5 Å². The van der Waals surface area contributed by atoms with Crippen LogP contribution in [-0.2, 0) is 0 Å². The number of hydrogen-bond donors (Lipinski definition) is 1. The van der Waals surface area contributed by atoms with E-state index in [0.29, 0.717) is 0 Å². The molecule has 1 aromatic rings. The highest BCUT2D eigenvalue weighted by Crippen LogP contribution is 2.20. The van der Waals surface area contributed by atoms with Gasteiger partial charge in [-0.2, -0.15) is 15.5 Å². The van der Waals surface area contributed by atoms with E-state index in [2.05, 4.69) is 9.72 Å². The highest BCUT2D eigenvalue weighted by molar-refractivity contribution is 5.37. The van der Waals surface area contributed by atoms with Gasteiger partial charge in [-0.05, 0) is 0 Å². The van der Waals surface area contributed by atoms with E-state index in [0.717, 1.165) is 0 Å². The van der Waals surface area contributed by atoms with Crippen molar-refractivity contribution in [3.8, 4) is 18.1 Å². The number of halogens is 3. The monoisotopic (exact) mass is 202 g/mol. The molecule has 8 heteroatoms. The van der Waals surface area contributed by atoms with Crippen molar-refractivity contribution in [2.45, 2.75) is 6.36 Å². The third kappa shape index (κ3) is 2.14. The van der Waals surface area contributed by atoms with E-state index in [1.807, 2.05) is 4.98 Å². The van der Waals surface area contributed by atoms with Crippen molar-refractivity contribution in [3.63, 3.8) is 0 Å². The zero-order valence-corrected chi connectivity index (χ0v) is 6.38. The summed E-state index contributed by atoms with van der Waals surface area (Å²) >= 11 is 0. The van der Waals surface area contributed by atoms with Gasteiger partial charge in [-0.25, -0.2) is 0 Å². The van der Waals surface area contributed by atoms with E-state index in [1.54, 1.807) is 0 Å². The summed E-state index contributed by atoms with van der Waals surface area (Å²) in [6.45, 7) is 0. The lowest BCUT2D eigenvalue weighted by Gasteiger charge is -2.03. The summed E-state index contributed by atoms with van der Waals surface area (Å²) in [5.41, 5.74) is -0.807. The molecule has 0 saturated heterocycles. The van der Waals surface area contributed by atoms with Crippen molar-refractivity contribution in [1.29, 1.82) is 10.5 Å². The van der Waals surface area contributed by atoms with Crippen LogP contribution in [0.4, 0.5) is 13.2 Å². The van der Waals surface area contributed by atoms with Gasteiger partial charge < -0.3 is 4.74 Å². The second kappa shape index (κ2) is 3.26. The minimum Gasteiger partial charge on any atom is -0.372 e. The van der Waals surface area contributed by atoms with Gasteiger partial charge in [0.05, 0.1) is 0 Å². The Kier molecular flexibility index (Phi) is 2.30. The lowest BCUT2D eigenvalue weighted by atomic mass is 10.4. The van der Waals surface area contributed by atoms with Crippen molar-refractivity contribution in [2.75, 3.05) is 0 Å². The Balaban J connectivity index is 2.99. The van der Waals surface area contributed by atoms with Crippen molar-refractivity contribution < 1.29 is 17.9 Å². The van der Waals surface area contributed by atoms with Crippen LogP contribution in [0.15, 0.2) is 0 Å². The van der Waals surface area contributed by atoms with Gasteiger partial charge in [-0.1, -0.05) is 0 Å². The van der Waals surface area contributed by atoms with Gasteiger partial charge in [0.1, 0.15) is 12.1 Å². The minimum atomic E-state index is -4.91. The lowest BCUT2D eigenvalue weighted by Crippen LogP contribution is -2.17. The molecule has 1 rings (SSSR count). The maximum absolute atomic E-state index is 11.6. The molecule has 0 fully saturated rings. The Morgan fingerprint density at radius 1 is 1.29 bits per heavy atom. The number of alkyl halides is 3. The molecule has 0 bridgehead atoms. The van der Waals surface area contributed by atoms with E-state index in [9.17, 15) is 13.2 Å². The summed E-state index contributed by atoms with van der Waals surface area (Å²) in [6.07, 6.45) is -4.91. The van der Waals surface area contributed by atoms with E-state index < -0.39 is 18.1 Å². The number of ether oxygens (including phenoxy) is 1. The molecule has 1 heterocycles. The summed E-state index contributed by atoms with van der Waals surface area (Å²) < 4.78 is 38.3. The quantitative estimate of drug-likeness (QED) is 0.737. The van der Waals surface area contributed by atoms with Crippen LogP contribution < -0.4 is 4.74 Å². The van der Waals surface area contributed by atoms with Gasteiger partial charge in [0.15, 0.2) is 11.4 Å². The molecule has 72 valence electrons. The van der Waals surface area contributed by atoms with Gasteiger partial charge in [0, 0.05) is 0 Å². The second-order valence-electron chi connectivity index (χ2n) is 2.04. The zero-order valence-electron chi connectivity index (χ0n) is 6.38. The van der Waals surface area contributed by atoms with Crippen LogP contribution in [0.3, 0.4) is 0 Å². The molecule has 0 saturated carbocycles. The molecule has 0 radical (unpaired) electrons. The molecule has 0 spiro atoms. The fourth-order valence-electron chi connectivity index (χ4n) is 0.671. The predicted octanol–water partition coefficient (Wildman–Crippen LogP) is 1.05. The molecule has 14 heavy (non-hydrogen) atoms. The number of imidazole rings is 1. The molecule has 1 aromatic heterocycles. The Morgan fingerprint density at radius 3 is 2.29 bits per heavy atom. The third-order valence-electron chi connectivity index (χ3n) is 1.11. The molecule has 0 unspecified atom stereocenters. The fraction of sp³-hybridized carbons (Fsp3) is 0.167. The lowest BCUT2D eigenvalue weighted by molar-refractivity contribution is -0.277. The maximum atomic E-state index is 11.6. The number of nitriles is 2. The smallest absolute Gasteiger partial charge is 0.372 e. The Morgan fingerprint density at radius 2 is 1.93 bits per heavy atom. The van der Waals surface area contributed by atoms with Crippen LogP contribution in [0.5, 0.6) is 6.01 Å². The summed E-state index contributed by atoms with van der Waals surface area (Å²) in [4.78, 5) is 5.01.